The van der Waals surface area contributed by atoms with Gasteiger partial charge in [-0.05, 0) is 35.4 Å². The van der Waals surface area contributed by atoms with Gasteiger partial charge in [0.1, 0.15) is 5.82 Å². The van der Waals surface area contributed by atoms with Crippen LogP contribution < -0.4 is 4.90 Å². The fraction of sp³-hybridized carbons (Fsp3) is 0.200. The first-order valence-electron chi connectivity index (χ1n) is 7.99. The van der Waals surface area contributed by atoms with Crippen molar-refractivity contribution in [3.8, 4) is 0 Å². The zero-order valence-corrected chi connectivity index (χ0v) is 13.8. The second kappa shape index (κ2) is 7.30. The first-order chi connectivity index (χ1) is 12.1. The van der Waals surface area contributed by atoms with Gasteiger partial charge in [0.25, 0.3) is 0 Å². The van der Waals surface area contributed by atoms with Gasteiger partial charge in [-0.2, -0.15) is 0 Å². The van der Waals surface area contributed by atoms with Crippen LogP contribution in [0.1, 0.15) is 17.5 Å². The number of amides is 1. The van der Waals surface area contributed by atoms with Gasteiger partial charge in [-0.15, -0.1) is 0 Å². The summed E-state index contributed by atoms with van der Waals surface area (Å²) in [7, 11) is 1.33. The Bertz CT molecular complexity index is 797. The topological polar surface area (TPSA) is 46.6 Å². The largest absolute Gasteiger partial charge is 0.469 e. The second-order valence-electron chi connectivity index (χ2n) is 5.90. The number of anilines is 1. The predicted octanol–water partition coefficient (Wildman–Crippen LogP) is 3.52. The Morgan fingerprint density at radius 3 is 2.20 bits per heavy atom. The van der Waals surface area contributed by atoms with Gasteiger partial charge in [0.2, 0.25) is 5.91 Å². The molecule has 5 heteroatoms. The number of carbonyl (C=O) groups excluding carboxylic acids is 2. The Kier molecular flexibility index (Phi) is 4.93. The lowest BCUT2D eigenvalue weighted by Gasteiger charge is -2.16. The van der Waals surface area contributed by atoms with Gasteiger partial charge >= 0.3 is 5.97 Å². The van der Waals surface area contributed by atoms with E-state index in [2.05, 4.69) is 0 Å². The Labute approximate surface area is 145 Å². The number of hydrogen-bond acceptors (Lipinski definition) is 3. The van der Waals surface area contributed by atoms with E-state index in [1.807, 2.05) is 36.4 Å². The molecule has 0 aliphatic carbocycles. The highest BCUT2D eigenvalue weighted by Gasteiger charge is 2.35. The number of esters is 1. The third kappa shape index (κ3) is 3.94. The van der Waals surface area contributed by atoms with Crippen LogP contribution >= 0.6 is 0 Å². The number of ether oxygens (including phenoxy) is 1. The molecule has 0 spiro atoms. The number of rotatable bonds is 4. The average molecular weight is 339 g/mol. The lowest BCUT2D eigenvalue weighted by molar-refractivity contribution is -0.145. The fourth-order valence-corrected chi connectivity index (χ4v) is 2.81. The maximum absolute atomic E-state index is 12.9. The molecule has 1 saturated heterocycles. The standard InChI is InChI=1S/C20H18FNO3/c1-25-20(24)16-12-19(23)22(13-16)18-10-6-15(7-11-18)3-2-14-4-8-17(21)9-5-14/h2-11,16H,12-13H2,1H3. The van der Waals surface area contributed by atoms with E-state index >= 15 is 0 Å². The average Bonchev–Trinajstić information content (AvgIpc) is 3.03. The molecule has 1 aliphatic rings. The van der Waals surface area contributed by atoms with E-state index in [0.717, 1.165) is 16.8 Å². The summed E-state index contributed by atoms with van der Waals surface area (Å²) in [6.07, 6.45) is 3.99. The lowest BCUT2D eigenvalue weighted by atomic mass is 10.1. The van der Waals surface area contributed by atoms with E-state index < -0.39 is 5.92 Å². The highest BCUT2D eigenvalue weighted by molar-refractivity contribution is 5.99. The molecule has 128 valence electrons. The number of carbonyl (C=O) groups is 2. The molecule has 1 aliphatic heterocycles. The Morgan fingerprint density at radius 1 is 1.08 bits per heavy atom. The first-order valence-corrected chi connectivity index (χ1v) is 7.99. The minimum Gasteiger partial charge on any atom is -0.469 e. The van der Waals surface area contributed by atoms with Gasteiger partial charge in [0.05, 0.1) is 13.0 Å². The van der Waals surface area contributed by atoms with Gasteiger partial charge in [-0.3, -0.25) is 9.59 Å². The summed E-state index contributed by atoms with van der Waals surface area (Å²) in [5.74, 6) is -1.10. The Hall–Kier alpha value is -2.95. The summed E-state index contributed by atoms with van der Waals surface area (Å²) < 4.78 is 17.6. The van der Waals surface area contributed by atoms with Crippen LogP contribution in [0.15, 0.2) is 48.5 Å². The summed E-state index contributed by atoms with van der Waals surface area (Å²) in [6.45, 7) is 0.344. The van der Waals surface area contributed by atoms with Crippen molar-refractivity contribution in [1.82, 2.24) is 0 Å². The minimum absolute atomic E-state index is 0.0787. The second-order valence-corrected chi connectivity index (χ2v) is 5.90. The molecule has 2 aromatic rings. The molecule has 0 aromatic heterocycles. The zero-order valence-electron chi connectivity index (χ0n) is 13.8. The molecule has 0 N–H and O–H groups in total. The van der Waals surface area contributed by atoms with Crippen molar-refractivity contribution in [1.29, 1.82) is 0 Å². The van der Waals surface area contributed by atoms with Gasteiger partial charge in [-0.1, -0.05) is 36.4 Å². The van der Waals surface area contributed by atoms with Crippen molar-refractivity contribution in [3.63, 3.8) is 0 Å². The monoisotopic (exact) mass is 339 g/mol. The van der Waals surface area contributed by atoms with Crippen LogP contribution in [-0.2, 0) is 14.3 Å². The quantitative estimate of drug-likeness (QED) is 0.632. The molecular formula is C20H18FNO3. The van der Waals surface area contributed by atoms with Crippen molar-refractivity contribution in [2.24, 2.45) is 5.92 Å². The van der Waals surface area contributed by atoms with Gasteiger partial charge in [0, 0.05) is 18.7 Å². The molecule has 4 nitrogen and oxygen atoms in total. The van der Waals surface area contributed by atoms with Crippen molar-refractivity contribution in [2.45, 2.75) is 6.42 Å². The number of nitrogens with zero attached hydrogens (tertiary/aromatic N) is 1. The summed E-state index contributed by atoms with van der Waals surface area (Å²) in [5, 5.41) is 0. The van der Waals surface area contributed by atoms with Crippen LogP contribution in [0.2, 0.25) is 0 Å². The molecule has 1 fully saturated rings. The molecule has 2 aromatic carbocycles. The maximum Gasteiger partial charge on any atom is 0.311 e. The number of halogens is 1. The van der Waals surface area contributed by atoms with E-state index in [1.54, 1.807) is 17.0 Å². The molecule has 0 saturated carbocycles. The maximum atomic E-state index is 12.9. The number of hydrogen-bond donors (Lipinski definition) is 0. The third-order valence-electron chi connectivity index (χ3n) is 4.20. The van der Waals surface area contributed by atoms with Crippen LogP contribution in [-0.4, -0.2) is 25.5 Å². The van der Waals surface area contributed by atoms with E-state index in [9.17, 15) is 14.0 Å². The van der Waals surface area contributed by atoms with Crippen molar-refractivity contribution >= 4 is 29.7 Å². The van der Waals surface area contributed by atoms with Crippen LogP contribution in [0, 0.1) is 11.7 Å². The SMILES string of the molecule is COC(=O)C1CC(=O)N(c2ccc(C=Cc3ccc(F)cc3)cc2)C1. The summed E-state index contributed by atoms with van der Waals surface area (Å²) >= 11 is 0. The molecule has 1 amide bonds. The zero-order chi connectivity index (χ0) is 17.8. The lowest BCUT2D eigenvalue weighted by Crippen LogP contribution is -2.26. The highest BCUT2D eigenvalue weighted by atomic mass is 19.1. The molecule has 0 bridgehead atoms. The van der Waals surface area contributed by atoms with E-state index in [-0.39, 0.29) is 24.1 Å². The van der Waals surface area contributed by atoms with Crippen molar-refractivity contribution in [3.05, 3.63) is 65.5 Å². The normalized spacial score (nSPS) is 17.3. The number of benzene rings is 2. The predicted molar refractivity (Wildman–Crippen MR) is 94.2 cm³/mol. The molecule has 1 unspecified atom stereocenters. The fourth-order valence-electron chi connectivity index (χ4n) is 2.81. The third-order valence-corrected chi connectivity index (χ3v) is 4.20. The Morgan fingerprint density at radius 2 is 1.64 bits per heavy atom. The Balaban J connectivity index is 1.69. The van der Waals surface area contributed by atoms with Crippen molar-refractivity contribution < 1.29 is 18.7 Å². The van der Waals surface area contributed by atoms with Crippen LogP contribution in [0.25, 0.3) is 12.2 Å². The van der Waals surface area contributed by atoms with E-state index in [4.69, 9.17) is 4.74 Å². The van der Waals surface area contributed by atoms with Crippen LogP contribution in [0.3, 0.4) is 0 Å². The summed E-state index contributed by atoms with van der Waals surface area (Å²) in [6, 6.07) is 13.7. The van der Waals surface area contributed by atoms with Gasteiger partial charge < -0.3 is 9.64 Å². The van der Waals surface area contributed by atoms with Crippen LogP contribution in [0.5, 0.6) is 0 Å². The number of methoxy groups -OCH3 is 1. The molecule has 1 atom stereocenters. The molecule has 0 radical (unpaired) electrons. The molecule has 1 heterocycles. The smallest absolute Gasteiger partial charge is 0.311 e. The van der Waals surface area contributed by atoms with Crippen LogP contribution in [0.4, 0.5) is 10.1 Å². The summed E-state index contributed by atoms with van der Waals surface area (Å²) in [5.41, 5.74) is 2.63. The summed E-state index contributed by atoms with van der Waals surface area (Å²) in [4.78, 5) is 25.3. The first kappa shape index (κ1) is 16.9. The van der Waals surface area contributed by atoms with Gasteiger partial charge in [-0.25, -0.2) is 4.39 Å². The van der Waals surface area contributed by atoms with E-state index in [0.29, 0.717) is 6.54 Å². The molecule has 25 heavy (non-hydrogen) atoms. The highest BCUT2D eigenvalue weighted by Crippen LogP contribution is 2.26. The molecule has 3 rings (SSSR count). The van der Waals surface area contributed by atoms with E-state index in [1.165, 1.54) is 19.2 Å². The molecular weight excluding hydrogens is 321 g/mol. The van der Waals surface area contributed by atoms with Gasteiger partial charge in [0.15, 0.2) is 0 Å². The minimum atomic E-state index is -0.407. The van der Waals surface area contributed by atoms with Crippen molar-refractivity contribution in [2.75, 3.05) is 18.6 Å².